The molecular formula is C27H26O6S2. The van der Waals surface area contributed by atoms with Crippen LogP contribution in [0, 0.1) is 6.92 Å². The van der Waals surface area contributed by atoms with E-state index in [0.29, 0.717) is 22.8 Å². The van der Waals surface area contributed by atoms with Crippen molar-refractivity contribution >= 4 is 40.5 Å². The van der Waals surface area contributed by atoms with Crippen LogP contribution in [-0.4, -0.2) is 27.9 Å². The minimum absolute atomic E-state index is 0.230. The first-order valence-corrected chi connectivity index (χ1v) is 12.9. The minimum Gasteiger partial charge on any atom is -0.508 e. The first-order chi connectivity index (χ1) is 16.7. The lowest BCUT2D eigenvalue weighted by Gasteiger charge is -2.29. The van der Waals surface area contributed by atoms with Crippen molar-refractivity contribution in [1.82, 2.24) is 0 Å². The Balaban J connectivity index is 1.70. The number of benzene rings is 3. The van der Waals surface area contributed by atoms with E-state index in [1.54, 1.807) is 53.9 Å². The molecule has 0 radical (unpaired) electrons. The van der Waals surface area contributed by atoms with E-state index in [1.165, 1.54) is 0 Å². The summed E-state index contributed by atoms with van der Waals surface area (Å²) < 4.78 is 11.2. The molecule has 0 amide bonds. The quantitative estimate of drug-likeness (QED) is 0.204. The number of carboxylic acid groups (broad SMARTS) is 1. The van der Waals surface area contributed by atoms with Crippen LogP contribution in [0.5, 0.6) is 17.2 Å². The molecule has 1 aromatic heterocycles. The van der Waals surface area contributed by atoms with E-state index in [-0.39, 0.29) is 11.5 Å². The van der Waals surface area contributed by atoms with Gasteiger partial charge in [-0.3, -0.25) is 0 Å². The Hall–Kier alpha value is -3.23. The molecule has 0 fully saturated rings. The Morgan fingerprint density at radius 3 is 1.97 bits per heavy atom. The van der Waals surface area contributed by atoms with Gasteiger partial charge in [-0.2, -0.15) is 0 Å². The average Bonchev–Trinajstić information content (AvgIpc) is 3.19. The van der Waals surface area contributed by atoms with Gasteiger partial charge >= 0.3 is 5.97 Å². The minimum atomic E-state index is -1.05. The largest absolute Gasteiger partial charge is 0.508 e. The molecule has 0 saturated heterocycles. The van der Waals surface area contributed by atoms with Crippen LogP contribution in [0.25, 0.3) is 11.0 Å². The maximum absolute atomic E-state index is 11.0. The van der Waals surface area contributed by atoms with Crippen LogP contribution < -0.4 is 4.74 Å². The number of hydrogen-bond acceptors (Lipinski definition) is 7. The molecule has 0 aliphatic carbocycles. The van der Waals surface area contributed by atoms with Crippen molar-refractivity contribution in [2.75, 3.05) is 6.61 Å². The summed E-state index contributed by atoms with van der Waals surface area (Å²) in [5, 5.41) is 29.2. The number of thioether (sulfide) groups is 2. The summed E-state index contributed by atoms with van der Waals surface area (Å²) in [4.78, 5) is 11.0. The van der Waals surface area contributed by atoms with E-state index >= 15 is 0 Å². The second-order valence-electron chi connectivity index (χ2n) is 8.20. The smallest absolute Gasteiger partial charge is 0.341 e. The van der Waals surface area contributed by atoms with Crippen LogP contribution in [-0.2, 0) is 20.4 Å². The molecule has 182 valence electrons. The molecule has 1 heterocycles. The van der Waals surface area contributed by atoms with Crippen LogP contribution in [0.4, 0.5) is 0 Å². The Bertz CT molecular complexity index is 1260. The molecule has 0 bridgehead atoms. The molecule has 3 aromatic carbocycles. The first kappa shape index (κ1) is 24.9. The van der Waals surface area contributed by atoms with Gasteiger partial charge in [-0.15, -0.1) is 23.5 Å². The fourth-order valence-corrected chi connectivity index (χ4v) is 6.59. The fraction of sp³-hybridized carbons (Fsp3) is 0.222. The van der Waals surface area contributed by atoms with Crippen molar-refractivity contribution in [3.05, 3.63) is 89.2 Å². The molecule has 8 heteroatoms. The number of phenols is 2. The van der Waals surface area contributed by atoms with Gasteiger partial charge in [-0.05, 0) is 55.3 Å². The van der Waals surface area contributed by atoms with Crippen LogP contribution >= 0.6 is 23.5 Å². The molecule has 0 spiro atoms. The summed E-state index contributed by atoms with van der Waals surface area (Å²) in [6.07, 6.45) is 0. The summed E-state index contributed by atoms with van der Waals surface area (Å²) in [5.74, 6) is 1.97. The lowest BCUT2D eigenvalue weighted by molar-refractivity contribution is -0.139. The number of ether oxygens (including phenoxy) is 1. The topological polar surface area (TPSA) is 100 Å². The van der Waals surface area contributed by atoms with Gasteiger partial charge in [0.25, 0.3) is 0 Å². The van der Waals surface area contributed by atoms with Crippen molar-refractivity contribution in [2.24, 2.45) is 0 Å². The summed E-state index contributed by atoms with van der Waals surface area (Å²) in [6.45, 7) is 3.62. The predicted molar refractivity (Wildman–Crippen MR) is 140 cm³/mol. The lowest BCUT2D eigenvalue weighted by Crippen LogP contribution is -2.14. The second-order valence-corrected chi connectivity index (χ2v) is 11.3. The summed E-state index contributed by atoms with van der Waals surface area (Å²) in [5.41, 5.74) is 3.71. The normalized spacial score (nSPS) is 11.6. The molecule has 4 rings (SSSR count). The highest BCUT2D eigenvalue weighted by molar-refractivity contribution is 8.16. The molecular weight excluding hydrogens is 484 g/mol. The number of aromatic hydroxyl groups is 2. The Morgan fingerprint density at radius 2 is 1.46 bits per heavy atom. The molecule has 35 heavy (non-hydrogen) atoms. The van der Waals surface area contributed by atoms with Gasteiger partial charge < -0.3 is 24.5 Å². The number of carboxylic acids is 1. The maximum Gasteiger partial charge on any atom is 0.341 e. The summed E-state index contributed by atoms with van der Waals surface area (Å²) in [6, 6.07) is 19.9. The number of rotatable bonds is 10. The highest BCUT2D eigenvalue weighted by Crippen LogP contribution is 2.53. The monoisotopic (exact) mass is 510 g/mol. The van der Waals surface area contributed by atoms with Gasteiger partial charge in [0.15, 0.2) is 17.9 Å². The van der Waals surface area contributed by atoms with Crippen molar-refractivity contribution in [1.29, 1.82) is 0 Å². The van der Waals surface area contributed by atoms with Gasteiger partial charge in [0.2, 0.25) is 0 Å². The third-order valence-corrected chi connectivity index (χ3v) is 8.73. The van der Waals surface area contributed by atoms with E-state index in [9.17, 15) is 15.0 Å². The fourth-order valence-electron chi connectivity index (χ4n) is 3.84. The van der Waals surface area contributed by atoms with Crippen LogP contribution in [0.3, 0.4) is 0 Å². The highest BCUT2D eigenvalue weighted by atomic mass is 32.2. The van der Waals surface area contributed by atoms with Gasteiger partial charge in [0.05, 0.1) is 4.08 Å². The number of hydrogen-bond donors (Lipinski definition) is 3. The van der Waals surface area contributed by atoms with Crippen molar-refractivity contribution in [3.63, 3.8) is 0 Å². The van der Waals surface area contributed by atoms with Crippen LogP contribution in [0.1, 0.15) is 29.4 Å². The molecule has 0 aliphatic heterocycles. The van der Waals surface area contributed by atoms with E-state index < -0.39 is 16.7 Å². The van der Waals surface area contributed by atoms with E-state index in [4.69, 9.17) is 14.3 Å². The van der Waals surface area contributed by atoms with Gasteiger partial charge in [-0.25, -0.2) is 4.79 Å². The number of aliphatic carboxylic acids is 1. The van der Waals surface area contributed by atoms with E-state index in [1.807, 2.05) is 43.3 Å². The first-order valence-electron chi connectivity index (χ1n) is 11.0. The summed E-state index contributed by atoms with van der Waals surface area (Å²) >= 11 is 3.51. The molecule has 6 nitrogen and oxygen atoms in total. The molecule has 0 unspecified atom stereocenters. The molecule has 0 aliphatic rings. The van der Waals surface area contributed by atoms with E-state index in [0.717, 1.165) is 27.8 Å². The van der Waals surface area contributed by atoms with Crippen LogP contribution in [0.2, 0.25) is 0 Å². The van der Waals surface area contributed by atoms with Crippen LogP contribution in [0.15, 0.2) is 71.1 Å². The van der Waals surface area contributed by atoms with Crippen molar-refractivity contribution < 1.29 is 29.3 Å². The van der Waals surface area contributed by atoms with Gasteiger partial charge in [-0.1, -0.05) is 36.4 Å². The number of fused-ring (bicyclic) bond motifs is 1. The summed E-state index contributed by atoms with van der Waals surface area (Å²) in [7, 11) is 0. The molecule has 3 N–H and O–H groups in total. The molecule has 0 atom stereocenters. The lowest BCUT2D eigenvalue weighted by atomic mass is 10.1. The maximum atomic E-state index is 11.0. The molecule has 0 saturated carbocycles. The molecule has 4 aromatic rings. The standard InChI is InChI=1S/C27H26O6S2/c1-17-25(22-4-3-5-23(26(22)33-17)32-14-24(30)31)27(2,34-15-18-6-10-20(28)11-7-18)35-16-19-8-12-21(29)13-9-19/h3-13,28-29H,14-16H2,1-2H3,(H,30,31). The number of furan rings is 1. The SMILES string of the molecule is Cc1oc2c(OCC(=O)O)cccc2c1C(C)(SCc1ccc(O)cc1)SCc1ccc(O)cc1. The predicted octanol–water partition coefficient (Wildman–Crippen LogP) is 6.66. The Labute approximate surface area is 211 Å². The third kappa shape index (κ3) is 5.89. The van der Waals surface area contributed by atoms with Crippen molar-refractivity contribution in [3.8, 4) is 17.2 Å². The van der Waals surface area contributed by atoms with Gasteiger partial charge in [0.1, 0.15) is 17.3 Å². The number of carbonyl (C=O) groups is 1. The second kappa shape index (κ2) is 10.6. The van der Waals surface area contributed by atoms with Crippen molar-refractivity contribution in [2.45, 2.75) is 29.4 Å². The number of aryl methyl sites for hydroxylation is 1. The zero-order valence-electron chi connectivity index (χ0n) is 19.4. The number of phenolic OH excluding ortho intramolecular Hbond substituents is 2. The highest BCUT2D eigenvalue weighted by Gasteiger charge is 2.34. The number of para-hydroxylation sites is 1. The third-order valence-electron chi connectivity index (χ3n) is 5.56. The average molecular weight is 511 g/mol. The zero-order chi connectivity index (χ0) is 25.0. The Kier molecular flexibility index (Phi) is 7.52. The van der Waals surface area contributed by atoms with E-state index in [2.05, 4.69) is 6.92 Å². The van der Waals surface area contributed by atoms with Gasteiger partial charge in [0, 0.05) is 22.5 Å². The zero-order valence-corrected chi connectivity index (χ0v) is 21.0. The Morgan fingerprint density at radius 1 is 0.914 bits per heavy atom.